The molecular formula is C11H13BrClN. The smallest absolute Gasteiger partial charge is 0.0578 e. The zero-order valence-electron chi connectivity index (χ0n) is 7.96. The van der Waals surface area contributed by atoms with Crippen LogP contribution in [0.3, 0.4) is 0 Å². The lowest BCUT2D eigenvalue weighted by molar-refractivity contribution is 0.623. The fourth-order valence-electron chi connectivity index (χ4n) is 1.08. The first-order valence-electron chi connectivity index (χ1n) is 4.16. The molecule has 0 unspecified atom stereocenters. The summed E-state index contributed by atoms with van der Waals surface area (Å²) in [5.74, 6) is 2.56. The number of hydrogen-bond acceptors (Lipinski definition) is 1. The molecule has 0 radical (unpaired) electrons. The van der Waals surface area contributed by atoms with Crippen LogP contribution in [-0.2, 0) is 0 Å². The second-order valence-corrected chi connectivity index (χ2v) is 3.77. The number of nitrogens with one attached hydrogen (secondary N) is 1. The Morgan fingerprint density at radius 1 is 1.43 bits per heavy atom. The highest BCUT2D eigenvalue weighted by Crippen LogP contribution is 2.15. The molecule has 0 saturated carbocycles. The fraction of sp³-hybridized carbons (Fsp3) is 0.273. The highest BCUT2D eigenvalue weighted by molar-refractivity contribution is 9.10. The van der Waals surface area contributed by atoms with E-state index in [1.807, 2.05) is 12.1 Å². The zero-order chi connectivity index (χ0) is 9.68. The minimum Gasteiger partial charge on any atom is -0.300 e. The third-order valence-corrected chi connectivity index (χ3v) is 2.41. The summed E-state index contributed by atoms with van der Waals surface area (Å²) < 4.78 is 1.10. The molecule has 76 valence electrons. The summed E-state index contributed by atoms with van der Waals surface area (Å²) in [5, 5.41) is 3.22. The minimum atomic E-state index is 0. The van der Waals surface area contributed by atoms with E-state index in [2.05, 4.69) is 46.2 Å². The quantitative estimate of drug-likeness (QED) is 0.835. The van der Waals surface area contributed by atoms with Crippen molar-refractivity contribution >= 4 is 28.3 Å². The van der Waals surface area contributed by atoms with E-state index in [0.29, 0.717) is 12.6 Å². The van der Waals surface area contributed by atoms with Gasteiger partial charge in [0.1, 0.15) is 0 Å². The van der Waals surface area contributed by atoms with E-state index in [4.69, 9.17) is 6.42 Å². The Morgan fingerprint density at radius 3 is 2.50 bits per heavy atom. The van der Waals surface area contributed by atoms with Gasteiger partial charge in [-0.3, -0.25) is 5.32 Å². The molecule has 1 nitrogen and oxygen atoms in total. The Labute approximate surface area is 99.8 Å². The van der Waals surface area contributed by atoms with E-state index in [9.17, 15) is 0 Å². The lowest BCUT2D eigenvalue weighted by Crippen LogP contribution is -2.18. The van der Waals surface area contributed by atoms with Crippen LogP contribution in [0, 0.1) is 12.3 Å². The van der Waals surface area contributed by atoms with Gasteiger partial charge in [0.15, 0.2) is 0 Å². The van der Waals surface area contributed by atoms with Gasteiger partial charge < -0.3 is 0 Å². The SMILES string of the molecule is C#CCN[C@H](C)c1ccc(Br)cc1.Cl. The first-order valence-corrected chi connectivity index (χ1v) is 4.95. The second kappa shape index (κ2) is 6.89. The summed E-state index contributed by atoms with van der Waals surface area (Å²) in [6.07, 6.45) is 5.16. The van der Waals surface area contributed by atoms with Crippen molar-refractivity contribution < 1.29 is 0 Å². The van der Waals surface area contributed by atoms with E-state index < -0.39 is 0 Å². The Balaban J connectivity index is 0.00000169. The molecule has 0 heterocycles. The van der Waals surface area contributed by atoms with Crippen molar-refractivity contribution in [2.75, 3.05) is 6.54 Å². The fourth-order valence-corrected chi connectivity index (χ4v) is 1.35. The van der Waals surface area contributed by atoms with Crippen LogP contribution < -0.4 is 5.32 Å². The predicted octanol–water partition coefficient (Wildman–Crippen LogP) is 3.15. The highest BCUT2D eigenvalue weighted by Gasteiger charge is 2.02. The van der Waals surface area contributed by atoms with Gasteiger partial charge in [-0.05, 0) is 24.6 Å². The molecule has 14 heavy (non-hydrogen) atoms. The molecular weight excluding hydrogens is 261 g/mol. The third kappa shape index (κ3) is 4.15. The molecule has 0 saturated heterocycles. The highest BCUT2D eigenvalue weighted by atomic mass is 79.9. The Kier molecular flexibility index (Phi) is 6.65. The molecule has 0 aromatic heterocycles. The van der Waals surface area contributed by atoms with E-state index in [0.717, 1.165) is 4.47 Å². The molecule has 0 amide bonds. The molecule has 1 aromatic rings. The maximum atomic E-state index is 5.16. The van der Waals surface area contributed by atoms with Crippen molar-refractivity contribution in [2.24, 2.45) is 0 Å². The van der Waals surface area contributed by atoms with Crippen LogP contribution >= 0.6 is 28.3 Å². The molecule has 0 bridgehead atoms. The van der Waals surface area contributed by atoms with Gasteiger partial charge in [-0.2, -0.15) is 0 Å². The zero-order valence-corrected chi connectivity index (χ0v) is 10.4. The average Bonchev–Trinajstić information content (AvgIpc) is 2.15. The normalized spacial score (nSPS) is 11.2. The molecule has 1 atom stereocenters. The molecule has 1 N–H and O–H groups in total. The van der Waals surface area contributed by atoms with Crippen molar-refractivity contribution in [2.45, 2.75) is 13.0 Å². The molecule has 0 spiro atoms. The van der Waals surface area contributed by atoms with Gasteiger partial charge in [-0.1, -0.05) is 34.0 Å². The molecule has 1 rings (SSSR count). The van der Waals surface area contributed by atoms with Crippen LogP contribution in [0.4, 0.5) is 0 Å². The van der Waals surface area contributed by atoms with Crippen LogP contribution in [0.5, 0.6) is 0 Å². The number of hydrogen-bond donors (Lipinski definition) is 1. The average molecular weight is 275 g/mol. The van der Waals surface area contributed by atoms with Crippen molar-refractivity contribution in [3.63, 3.8) is 0 Å². The largest absolute Gasteiger partial charge is 0.300 e. The summed E-state index contributed by atoms with van der Waals surface area (Å²) in [6, 6.07) is 8.53. The molecule has 0 aliphatic heterocycles. The lowest BCUT2D eigenvalue weighted by Gasteiger charge is -2.11. The third-order valence-electron chi connectivity index (χ3n) is 1.88. The van der Waals surface area contributed by atoms with Gasteiger partial charge in [-0.25, -0.2) is 0 Å². The maximum absolute atomic E-state index is 5.16. The van der Waals surface area contributed by atoms with E-state index in [1.165, 1.54) is 5.56 Å². The molecule has 1 aromatic carbocycles. The van der Waals surface area contributed by atoms with Gasteiger partial charge in [0, 0.05) is 10.5 Å². The van der Waals surface area contributed by atoms with E-state index in [-0.39, 0.29) is 12.4 Å². The summed E-state index contributed by atoms with van der Waals surface area (Å²) in [5.41, 5.74) is 1.25. The Bertz CT molecular complexity index is 302. The molecule has 0 fully saturated rings. The van der Waals surface area contributed by atoms with Gasteiger partial charge >= 0.3 is 0 Å². The van der Waals surface area contributed by atoms with Crippen LogP contribution in [0.15, 0.2) is 28.7 Å². The summed E-state index contributed by atoms with van der Waals surface area (Å²) in [4.78, 5) is 0. The van der Waals surface area contributed by atoms with Crippen molar-refractivity contribution in [1.29, 1.82) is 0 Å². The topological polar surface area (TPSA) is 12.0 Å². The number of benzene rings is 1. The minimum absolute atomic E-state index is 0. The number of terminal acetylenes is 1. The van der Waals surface area contributed by atoms with Crippen LogP contribution in [-0.4, -0.2) is 6.54 Å². The summed E-state index contributed by atoms with van der Waals surface area (Å²) in [6.45, 7) is 2.71. The van der Waals surface area contributed by atoms with Crippen LogP contribution in [0.2, 0.25) is 0 Å². The Morgan fingerprint density at radius 2 is 2.00 bits per heavy atom. The van der Waals surface area contributed by atoms with Crippen molar-refractivity contribution in [3.8, 4) is 12.3 Å². The van der Waals surface area contributed by atoms with Crippen molar-refractivity contribution in [3.05, 3.63) is 34.3 Å². The van der Waals surface area contributed by atoms with E-state index in [1.54, 1.807) is 0 Å². The molecule has 0 aliphatic carbocycles. The van der Waals surface area contributed by atoms with Crippen LogP contribution in [0.25, 0.3) is 0 Å². The van der Waals surface area contributed by atoms with E-state index >= 15 is 0 Å². The van der Waals surface area contributed by atoms with Crippen molar-refractivity contribution in [1.82, 2.24) is 5.32 Å². The monoisotopic (exact) mass is 273 g/mol. The first-order chi connectivity index (χ1) is 6.24. The van der Waals surface area contributed by atoms with Gasteiger partial charge in [0.05, 0.1) is 6.54 Å². The lowest BCUT2D eigenvalue weighted by atomic mass is 10.1. The Hall–Kier alpha value is -0.490. The molecule has 3 heteroatoms. The van der Waals surface area contributed by atoms with Gasteiger partial charge in [-0.15, -0.1) is 18.8 Å². The second-order valence-electron chi connectivity index (χ2n) is 2.86. The molecule has 0 aliphatic rings. The summed E-state index contributed by atoms with van der Waals surface area (Å²) in [7, 11) is 0. The number of halogens is 2. The van der Waals surface area contributed by atoms with Gasteiger partial charge in [0.2, 0.25) is 0 Å². The van der Waals surface area contributed by atoms with Gasteiger partial charge in [0.25, 0.3) is 0 Å². The number of rotatable bonds is 3. The first kappa shape index (κ1) is 13.5. The predicted molar refractivity (Wildman–Crippen MR) is 66.6 cm³/mol. The standard InChI is InChI=1S/C11H12BrN.ClH/c1-3-8-13-9(2)10-4-6-11(12)7-5-10;/h1,4-7,9,13H,8H2,2H3;1H/t9-;/m1./s1. The maximum Gasteiger partial charge on any atom is 0.0578 e. The van der Waals surface area contributed by atoms with Crippen LogP contribution in [0.1, 0.15) is 18.5 Å². The summed E-state index contributed by atoms with van der Waals surface area (Å²) >= 11 is 3.39.